The monoisotopic (exact) mass is 439 g/mol. The number of sulfonamides is 1. The summed E-state index contributed by atoms with van der Waals surface area (Å²) in [6.45, 7) is 0.00905. The molecule has 6 nitrogen and oxygen atoms in total. The molecule has 2 N–H and O–H groups in total. The smallest absolute Gasteiger partial charge is 0.240 e. The van der Waals surface area contributed by atoms with Crippen LogP contribution in [0.2, 0.25) is 0 Å². The van der Waals surface area contributed by atoms with E-state index in [0.29, 0.717) is 5.13 Å². The molecule has 3 rings (SSSR count). The summed E-state index contributed by atoms with van der Waals surface area (Å²) in [5.74, 6) is -0.294. The molecule has 0 unspecified atom stereocenters. The summed E-state index contributed by atoms with van der Waals surface area (Å²) in [5.41, 5.74) is 0.818. The van der Waals surface area contributed by atoms with Gasteiger partial charge in [-0.05, 0) is 36.4 Å². The fraction of sp³-hybridized carbons (Fsp3) is 0.125. The molecule has 1 heterocycles. The number of carbonyl (C=O) groups is 1. The van der Waals surface area contributed by atoms with Crippen LogP contribution in [-0.2, 0) is 14.8 Å². The van der Waals surface area contributed by atoms with Gasteiger partial charge in [-0.25, -0.2) is 18.1 Å². The largest absolute Gasteiger partial charge is 0.302 e. The number of nitrogens with one attached hydrogen (secondary N) is 2. The Hall–Kier alpha value is -1.81. The summed E-state index contributed by atoms with van der Waals surface area (Å²) in [6.07, 6.45) is 0.0195. The number of fused-ring (bicyclic) bond motifs is 1. The van der Waals surface area contributed by atoms with Crippen molar-refractivity contribution in [1.82, 2.24) is 9.71 Å². The van der Waals surface area contributed by atoms with Gasteiger partial charge in [0.2, 0.25) is 15.9 Å². The summed E-state index contributed by atoms with van der Waals surface area (Å²) < 4.78 is 28.5. The van der Waals surface area contributed by atoms with Crippen LogP contribution in [0.15, 0.2) is 57.9 Å². The fourth-order valence-corrected chi connectivity index (χ4v) is 4.28. The Balaban J connectivity index is 1.54. The number of hydrogen-bond donors (Lipinski definition) is 2. The lowest BCUT2D eigenvalue weighted by molar-refractivity contribution is -0.116. The van der Waals surface area contributed by atoms with Crippen molar-refractivity contribution in [1.29, 1.82) is 0 Å². The fourth-order valence-electron chi connectivity index (χ4n) is 2.10. The van der Waals surface area contributed by atoms with Crippen LogP contribution in [0.3, 0.4) is 0 Å². The molecule has 0 aliphatic rings. The predicted molar refractivity (Wildman–Crippen MR) is 102 cm³/mol. The molecule has 0 spiro atoms. The van der Waals surface area contributed by atoms with E-state index in [4.69, 9.17) is 0 Å². The van der Waals surface area contributed by atoms with Crippen molar-refractivity contribution in [3.63, 3.8) is 0 Å². The first kappa shape index (κ1) is 18.0. The standard InChI is InChI=1S/C16H14BrN3O3S2/c17-11-5-7-12(8-6-11)25(22,23)18-10-9-15(21)20-16-19-13-3-1-2-4-14(13)24-16/h1-8,18H,9-10H2,(H,19,20,21). The molecular weight excluding hydrogens is 426 g/mol. The van der Waals surface area contributed by atoms with E-state index in [0.717, 1.165) is 14.7 Å². The number of amides is 1. The first-order valence-electron chi connectivity index (χ1n) is 7.35. The van der Waals surface area contributed by atoms with E-state index in [1.807, 2.05) is 24.3 Å². The second-order valence-corrected chi connectivity index (χ2v) is 8.85. The third kappa shape index (κ3) is 4.63. The highest BCUT2D eigenvalue weighted by molar-refractivity contribution is 9.10. The lowest BCUT2D eigenvalue weighted by Gasteiger charge is -2.06. The SMILES string of the molecule is O=C(CCNS(=O)(=O)c1ccc(Br)cc1)Nc1nc2ccccc2s1. The number of halogens is 1. The van der Waals surface area contributed by atoms with Gasteiger partial charge in [0.15, 0.2) is 5.13 Å². The summed E-state index contributed by atoms with van der Waals surface area (Å²) in [4.78, 5) is 16.4. The van der Waals surface area contributed by atoms with E-state index in [9.17, 15) is 13.2 Å². The first-order valence-corrected chi connectivity index (χ1v) is 10.4. The Morgan fingerprint density at radius 1 is 1.12 bits per heavy atom. The minimum atomic E-state index is -3.63. The van der Waals surface area contributed by atoms with Crippen LogP contribution in [0.4, 0.5) is 5.13 Å². The molecule has 1 amide bonds. The Morgan fingerprint density at radius 2 is 1.84 bits per heavy atom. The van der Waals surface area contributed by atoms with Gasteiger partial charge in [0, 0.05) is 17.4 Å². The van der Waals surface area contributed by atoms with Gasteiger partial charge < -0.3 is 5.32 Å². The Morgan fingerprint density at radius 3 is 2.56 bits per heavy atom. The summed E-state index contributed by atoms with van der Waals surface area (Å²) in [7, 11) is -3.63. The maximum Gasteiger partial charge on any atom is 0.240 e. The first-order chi connectivity index (χ1) is 11.9. The number of para-hydroxylation sites is 1. The molecule has 0 bridgehead atoms. The zero-order valence-electron chi connectivity index (χ0n) is 12.9. The number of nitrogens with zero attached hydrogens (tertiary/aromatic N) is 1. The third-order valence-electron chi connectivity index (χ3n) is 3.31. The third-order valence-corrected chi connectivity index (χ3v) is 6.27. The van der Waals surface area contributed by atoms with E-state index < -0.39 is 10.0 Å². The average Bonchev–Trinajstić information content (AvgIpc) is 2.97. The number of benzene rings is 2. The topological polar surface area (TPSA) is 88.2 Å². The number of thiazole rings is 1. The lowest BCUT2D eigenvalue weighted by Crippen LogP contribution is -2.27. The molecule has 0 fully saturated rings. The highest BCUT2D eigenvalue weighted by Gasteiger charge is 2.14. The van der Waals surface area contributed by atoms with Gasteiger partial charge in [0.1, 0.15) is 0 Å². The van der Waals surface area contributed by atoms with E-state index >= 15 is 0 Å². The van der Waals surface area contributed by atoms with Crippen LogP contribution >= 0.6 is 27.3 Å². The van der Waals surface area contributed by atoms with Crippen molar-refractivity contribution in [2.24, 2.45) is 0 Å². The molecule has 9 heteroatoms. The van der Waals surface area contributed by atoms with Gasteiger partial charge in [-0.2, -0.15) is 0 Å². The molecule has 25 heavy (non-hydrogen) atoms. The predicted octanol–water partition coefficient (Wildman–Crippen LogP) is 3.37. The van der Waals surface area contributed by atoms with Crippen LogP contribution in [0.1, 0.15) is 6.42 Å². The quantitative estimate of drug-likeness (QED) is 0.615. The highest BCUT2D eigenvalue weighted by atomic mass is 79.9. The van der Waals surface area contributed by atoms with Gasteiger partial charge in [-0.15, -0.1) is 0 Å². The van der Waals surface area contributed by atoms with Gasteiger partial charge in [0.25, 0.3) is 0 Å². The van der Waals surface area contributed by atoms with Crippen molar-refractivity contribution < 1.29 is 13.2 Å². The molecule has 0 aliphatic heterocycles. The van der Waals surface area contributed by atoms with E-state index in [1.165, 1.54) is 23.5 Å². The molecule has 0 saturated heterocycles. The molecular formula is C16H14BrN3O3S2. The molecule has 0 atom stereocenters. The lowest BCUT2D eigenvalue weighted by atomic mass is 10.3. The van der Waals surface area contributed by atoms with Crippen molar-refractivity contribution in [2.75, 3.05) is 11.9 Å². The second kappa shape index (κ2) is 7.61. The van der Waals surface area contributed by atoms with E-state index in [2.05, 4.69) is 31.0 Å². The molecule has 2 aromatic carbocycles. The van der Waals surface area contributed by atoms with Gasteiger partial charge in [-0.3, -0.25) is 4.79 Å². The van der Waals surface area contributed by atoms with Crippen LogP contribution in [0.5, 0.6) is 0 Å². The zero-order chi connectivity index (χ0) is 17.9. The van der Waals surface area contributed by atoms with Gasteiger partial charge >= 0.3 is 0 Å². The van der Waals surface area contributed by atoms with Crippen molar-refractivity contribution in [3.8, 4) is 0 Å². The van der Waals surface area contributed by atoms with E-state index in [1.54, 1.807) is 12.1 Å². The van der Waals surface area contributed by atoms with Gasteiger partial charge in [-0.1, -0.05) is 39.4 Å². The molecule has 1 aromatic heterocycles. The van der Waals surface area contributed by atoms with Crippen molar-refractivity contribution >= 4 is 58.5 Å². The molecule has 3 aromatic rings. The maximum atomic E-state index is 12.1. The highest BCUT2D eigenvalue weighted by Crippen LogP contribution is 2.25. The number of hydrogen-bond acceptors (Lipinski definition) is 5. The summed E-state index contributed by atoms with van der Waals surface area (Å²) >= 11 is 4.63. The normalized spacial score (nSPS) is 11.6. The second-order valence-electron chi connectivity index (χ2n) is 5.14. The molecule has 0 aliphatic carbocycles. The minimum Gasteiger partial charge on any atom is -0.302 e. The van der Waals surface area contributed by atoms with Crippen LogP contribution in [0.25, 0.3) is 10.2 Å². The maximum absolute atomic E-state index is 12.1. The number of carbonyl (C=O) groups excluding carboxylic acids is 1. The Kier molecular flexibility index (Phi) is 5.48. The van der Waals surface area contributed by atoms with E-state index in [-0.39, 0.29) is 23.8 Å². The van der Waals surface area contributed by atoms with Crippen LogP contribution < -0.4 is 10.0 Å². The number of rotatable bonds is 6. The molecule has 0 radical (unpaired) electrons. The number of anilines is 1. The Labute approximate surface area is 157 Å². The summed E-state index contributed by atoms with van der Waals surface area (Å²) in [6, 6.07) is 13.9. The molecule has 130 valence electrons. The average molecular weight is 440 g/mol. The van der Waals surface area contributed by atoms with Crippen molar-refractivity contribution in [3.05, 3.63) is 53.0 Å². The Bertz CT molecular complexity index is 968. The minimum absolute atomic E-state index is 0.00905. The summed E-state index contributed by atoms with van der Waals surface area (Å²) in [5, 5.41) is 3.19. The zero-order valence-corrected chi connectivity index (χ0v) is 16.1. The van der Waals surface area contributed by atoms with Crippen molar-refractivity contribution in [2.45, 2.75) is 11.3 Å². The van der Waals surface area contributed by atoms with Crippen LogP contribution in [0, 0.1) is 0 Å². The number of aromatic nitrogens is 1. The molecule has 0 saturated carbocycles. The van der Waals surface area contributed by atoms with Gasteiger partial charge in [0.05, 0.1) is 15.1 Å². The van der Waals surface area contributed by atoms with Crippen LogP contribution in [-0.4, -0.2) is 25.9 Å².